The van der Waals surface area contributed by atoms with Gasteiger partial charge in [0.15, 0.2) is 0 Å². The molecular formula is C30H39ClF2N4O6S. The van der Waals surface area contributed by atoms with E-state index in [1.54, 1.807) is 28.6 Å². The van der Waals surface area contributed by atoms with Gasteiger partial charge in [0.25, 0.3) is 0 Å². The number of anilines is 1. The number of carboxylic acid groups (broad SMARTS) is 1. The smallest absolute Gasteiger partial charge is 0.405 e. The first kappa shape index (κ1) is 32.9. The Morgan fingerprint density at radius 3 is 2.50 bits per heavy atom. The van der Waals surface area contributed by atoms with E-state index in [1.807, 2.05) is 0 Å². The van der Waals surface area contributed by atoms with Gasteiger partial charge in [-0.15, -0.1) is 10.8 Å². The zero-order valence-corrected chi connectivity index (χ0v) is 25.8. The average molecular weight is 657 g/mol. The summed E-state index contributed by atoms with van der Waals surface area (Å²) in [4.78, 5) is 25.8. The number of hydrogen-bond acceptors (Lipinski definition) is 7. The van der Waals surface area contributed by atoms with Crippen molar-refractivity contribution in [3.05, 3.63) is 64.2 Å². The highest BCUT2D eigenvalue weighted by molar-refractivity contribution is 8.22. The minimum atomic E-state index is -2.99. The van der Waals surface area contributed by atoms with Crippen molar-refractivity contribution >= 4 is 40.1 Å². The summed E-state index contributed by atoms with van der Waals surface area (Å²) >= 11 is 6.10. The SMILES string of the molecule is O=C(O)N[C@H](C(=O)Nc1c(F)ccc(F)c1CC[C@H]1CN[C@@H]2CCCS(O)(O)N1C2)[C@@H](c1ccc(Cl)cc1)C1CCOCC1. The van der Waals surface area contributed by atoms with Gasteiger partial charge in [-0.05, 0) is 74.3 Å². The molecular weight excluding hydrogens is 618 g/mol. The first-order valence-corrected chi connectivity index (χ1v) is 16.9. The van der Waals surface area contributed by atoms with Gasteiger partial charge in [-0.25, -0.2) is 17.9 Å². The first-order valence-electron chi connectivity index (χ1n) is 14.9. The fraction of sp³-hybridized carbons (Fsp3) is 0.533. The Morgan fingerprint density at radius 1 is 1.09 bits per heavy atom. The van der Waals surface area contributed by atoms with Crippen molar-refractivity contribution < 1.29 is 37.3 Å². The second kappa shape index (κ2) is 14.3. The Bertz CT molecular complexity index is 1330. The van der Waals surface area contributed by atoms with Gasteiger partial charge in [-0.1, -0.05) is 23.7 Å². The van der Waals surface area contributed by atoms with E-state index in [1.165, 1.54) is 0 Å². The van der Waals surface area contributed by atoms with Crippen molar-refractivity contribution in [1.82, 2.24) is 14.9 Å². The molecule has 2 aromatic rings. The first-order chi connectivity index (χ1) is 21.0. The molecule has 2 amide bonds. The van der Waals surface area contributed by atoms with Crippen LogP contribution < -0.4 is 16.0 Å². The van der Waals surface area contributed by atoms with Crippen LogP contribution in [0.3, 0.4) is 0 Å². The molecule has 10 nitrogen and oxygen atoms in total. The van der Waals surface area contributed by atoms with Crippen LogP contribution in [0.4, 0.5) is 19.3 Å². The summed E-state index contributed by atoms with van der Waals surface area (Å²) in [6.07, 6.45) is 1.48. The number of carbonyl (C=O) groups excluding carboxylic acids is 1. The number of amides is 2. The average Bonchev–Trinajstić information content (AvgIpc) is 3.11. The van der Waals surface area contributed by atoms with Gasteiger partial charge in [-0.2, -0.15) is 0 Å². The van der Waals surface area contributed by atoms with Crippen molar-refractivity contribution in [3.8, 4) is 0 Å². The highest BCUT2D eigenvalue weighted by Gasteiger charge is 2.40. The molecule has 3 saturated heterocycles. The van der Waals surface area contributed by atoms with E-state index in [4.69, 9.17) is 16.3 Å². The molecule has 2 bridgehead atoms. The van der Waals surface area contributed by atoms with E-state index in [-0.39, 0.29) is 47.8 Å². The lowest BCUT2D eigenvalue weighted by Gasteiger charge is -2.49. The third-order valence-corrected chi connectivity index (χ3v) is 11.2. The minimum absolute atomic E-state index is 0.000156. The second-order valence-corrected chi connectivity index (χ2v) is 14.3. The monoisotopic (exact) mass is 656 g/mol. The van der Waals surface area contributed by atoms with Crippen LogP contribution in [0.25, 0.3) is 0 Å². The van der Waals surface area contributed by atoms with Gasteiger partial charge in [0.2, 0.25) is 5.91 Å². The standard InChI is InChI=1S/C30H39ClF2N4O6S/c31-20-5-3-18(4-6-20)26(19-11-13-43-14-12-19)28(36-30(39)40)29(38)35-27-23(24(32)9-10-25(27)33)8-7-22-16-34-21-2-1-15-44(41,42)37(22)17-21/h3-6,9-10,19,21-22,26,28,34,36,41-42H,1-2,7-8,11-17H2,(H,35,38)(H,39,40)/t21-,22+,26+,28+/m1/s1. The quantitative estimate of drug-likeness (QED) is 0.210. The number of rotatable bonds is 9. The van der Waals surface area contributed by atoms with Gasteiger partial charge >= 0.3 is 6.09 Å². The maximum Gasteiger partial charge on any atom is 0.405 e. The predicted molar refractivity (Wildman–Crippen MR) is 165 cm³/mol. The zero-order valence-electron chi connectivity index (χ0n) is 24.2. The lowest BCUT2D eigenvalue weighted by molar-refractivity contribution is -0.119. The van der Waals surface area contributed by atoms with Crippen LogP contribution in [0, 0.1) is 17.6 Å². The number of carbonyl (C=O) groups is 2. The van der Waals surface area contributed by atoms with E-state index in [0.717, 1.165) is 18.6 Å². The van der Waals surface area contributed by atoms with E-state index < -0.39 is 46.4 Å². The molecule has 3 aliphatic rings. The lowest BCUT2D eigenvalue weighted by atomic mass is 9.76. The summed E-state index contributed by atoms with van der Waals surface area (Å²) in [5, 5.41) is 18.5. The molecule has 0 aliphatic carbocycles. The van der Waals surface area contributed by atoms with Gasteiger partial charge in [-0.3, -0.25) is 13.9 Å². The van der Waals surface area contributed by atoms with Crippen molar-refractivity contribution in [1.29, 1.82) is 0 Å². The molecule has 44 heavy (non-hydrogen) atoms. The predicted octanol–water partition coefficient (Wildman–Crippen LogP) is 5.44. The van der Waals surface area contributed by atoms with Gasteiger partial charge in [0.1, 0.15) is 17.7 Å². The Morgan fingerprint density at radius 2 is 1.80 bits per heavy atom. The number of ether oxygens (including phenoxy) is 1. The highest BCUT2D eigenvalue weighted by Crippen LogP contribution is 2.49. The number of nitrogens with one attached hydrogen (secondary N) is 3. The molecule has 0 saturated carbocycles. The van der Waals surface area contributed by atoms with Crippen molar-refractivity contribution in [2.24, 2.45) is 5.92 Å². The molecule has 0 radical (unpaired) electrons. The Hall–Kier alpha value is -2.52. The van der Waals surface area contributed by atoms with Crippen LogP contribution >= 0.6 is 22.4 Å². The van der Waals surface area contributed by atoms with E-state index in [9.17, 15) is 23.8 Å². The van der Waals surface area contributed by atoms with Crippen LogP contribution in [0.15, 0.2) is 36.4 Å². The lowest BCUT2D eigenvalue weighted by Crippen LogP contribution is -2.55. The van der Waals surface area contributed by atoms with E-state index >= 15 is 8.78 Å². The number of hydrogen-bond donors (Lipinski definition) is 6. The van der Waals surface area contributed by atoms with Crippen LogP contribution in [0.2, 0.25) is 5.02 Å². The summed E-state index contributed by atoms with van der Waals surface area (Å²) in [6.45, 7) is 1.79. The third kappa shape index (κ3) is 7.64. The summed E-state index contributed by atoms with van der Waals surface area (Å²) in [5.74, 6) is -2.93. The molecule has 1 unspecified atom stereocenters. The van der Waals surface area contributed by atoms with Gasteiger partial charge < -0.3 is 25.8 Å². The molecule has 3 aliphatic heterocycles. The number of halogens is 3. The third-order valence-electron chi connectivity index (χ3n) is 8.93. The Labute approximate surface area is 262 Å². The zero-order chi connectivity index (χ0) is 31.4. The molecule has 0 aromatic heterocycles. The normalized spacial score (nSPS) is 25.7. The molecule has 14 heteroatoms. The Kier molecular flexibility index (Phi) is 10.7. The van der Waals surface area contributed by atoms with Crippen molar-refractivity contribution in [2.75, 3.05) is 37.4 Å². The van der Waals surface area contributed by atoms with Gasteiger partial charge in [0.05, 0.1) is 11.4 Å². The highest BCUT2D eigenvalue weighted by atomic mass is 35.5. The van der Waals surface area contributed by atoms with E-state index in [0.29, 0.717) is 56.2 Å². The molecule has 5 atom stereocenters. The van der Waals surface area contributed by atoms with Crippen LogP contribution in [-0.2, 0) is 16.0 Å². The van der Waals surface area contributed by atoms with Gasteiger partial charge in [0, 0.05) is 54.9 Å². The molecule has 6 N–H and O–H groups in total. The fourth-order valence-corrected chi connectivity index (χ4v) is 8.70. The summed E-state index contributed by atoms with van der Waals surface area (Å²) in [5.41, 5.74) is 0.239. The van der Waals surface area contributed by atoms with Crippen LogP contribution in [0.5, 0.6) is 0 Å². The van der Waals surface area contributed by atoms with Crippen molar-refractivity contribution in [3.63, 3.8) is 0 Å². The minimum Gasteiger partial charge on any atom is -0.465 e. The van der Waals surface area contributed by atoms with Crippen LogP contribution in [-0.4, -0.2) is 80.7 Å². The molecule has 5 rings (SSSR count). The molecule has 242 valence electrons. The summed E-state index contributed by atoms with van der Waals surface area (Å²) < 4.78 is 59.4. The largest absolute Gasteiger partial charge is 0.465 e. The molecule has 2 aromatic carbocycles. The fourth-order valence-electron chi connectivity index (χ4n) is 6.71. The molecule has 3 heterocycles. The second-order valence-electron chi connectivity index (χ2n) is 11.7. The topological polar surface area (TPSA) is 143 Å². The maximum atomic E-state index is 15.3. The number of nitrogens with zero attached hydrogens (tertiary/aromatic N) is 1. The number of fused-ring (bicyclic) bond motifs is 2. The van der Waals surface area contributed by atoms with Crippen LogP contribution in [0.1, 0.15) is 49.1 Å². The number of piperazine rings is 1. The maximum absolute atomic E-state index is 15.3. The molecule has 3 fully saturated rings. The van der Waals surface area contributed by atoms with E-state index in [2.05, 4.69) is 16.0 Å². The summed E-state index contributed by atoms with van der Waals surface area (Å²) in [7, 11) is -2.99. The van der Waals surface area contributed by atoms with Crippen molar-refractivity contribution in [2.45, 2.75) is 62.6 Å². The number of benzene rings is 2. The Balaban J connectivity index is 1.41. The molecule has 0 spiro atoms. The summed E-state index contributed by atoms with van der Waals surface area (Å²) in [6, 6.07) is 7.13.